The van der Waals surface area contributed by atoms with E-state index in [4.69, 9.17) is 11.6 Å². The molecule has 21 heavy (non-hydrogen) atoms. The number of aryl methyl sites for hydroxylation is 1. The predicted molar refractivity (Wildman–Crippen MR) is 82.3 cm³/mol. The Morgan fingerprint density at radius 3 is 2.71 bits per heavy atom. The Balaban J connectivity index is 2.44. The van der Waals surface area contributed by atoms with Gasteiger partial charge in [-0.3, -0.25) is 4.79 Å². The Morgan fingerprint density at radius 2 is 2.14 bits per heavy atom. The summed E-state index contributed by atoms with van der Waals surface area (Å²) < 4.78 is 14.4. The Kier molecular flexibility index (Phi) is 4.91. The van der Waals surface area contributed by atoms with E-state index in [-0.39, 0.29) is 10.6 Å². The largest absolute Gasteiger partial charge is 0.373 e. The first-order chi connectivity index (χ1) is 10.1. The van der Waals surface area contributed by atoms with E-state index in [1.165, 1.54) is 12.3 Å². The molecule has 0 spiro atoms. The van der Waals surface area contributed by atoms with Crippen LogP contribution in [0.2, 0.25) is 5.02 Å². The summed E-state index contributed by atoms with van der Waals surface area (Å²) in [5, 5.41) is 2.95. The summed E-state index contributed by atoms with van der Waals surface area (Å²) in [4.78, 5) is 16.5. The second-order valence-electron chi connectivity index (χ2n) is 4.51. The van der Waals surface area contributed by atoms with E-state index < -0.39 is 11.6 Å². The van der Waals surface area contributed by atoms with Crippen LogP contribution in [-0.2, 0) is 6.42 Å². The van der Waals surface area contributed by atoms with Crippen molar-refractivity contribution in [3.8, 4) is 0 Å². The minimum absolute atomic E-state index is 0.100. The van der Waals surface area contributed by atoms with Crippen molar-refractivity contribution in [1.82, 2.24) is 4.98 Å². The van der Waals surface area contributed by atoms with Gasteiger partial charge in [0.05, 0.1) is 10.6 Å². The fraction of sp³-hybridized carbons (Fsp3) is 0.188. The van der Waals surface area contributed by atoms with E-state index in [2.05, 4.69) is 17.2 Å². The first-order valence-electron chi connectivity index (χ1n) is 6.53. The van der Waals surface area contributed by atoms with Crippen molar-refractivity contribution < 1.29 is 9.18 Å². The van der Waals surface area contributed by atoms with Crippen molar-refractivity contribution in [3.63, 3.8) is 0 Å². The van der Waals surface area contributed by atoms with E-state index in [9.17, 15) is 9.18 Å². The molecule has 0 saturated carbocycles. The number of carbonyl (C=O) groups is 1. The van der Waals surface area contributed by atoms with E-state index in [1.54, 1.807) is 25.2 Å². The van der Waals surface area contributed by atoms with Gasteiger partial charge >= 0.3 is 0 Å². The summed E-state index contributed by atoms with van der Waals surface area (Å²) in [5.74, 6) is -0.420. The SMILES string of the molecule is [CH2]CCc1ccc(Cl)c(C(=O)c2ccc(NC)nc2)c1F. The summed E-state index contributed by atoms with van der Waals surface area (Å²) in [6.45, 7) is 3.69. The van der Waals surface area contributed by atoms with Crippen LogP contribution < -0.4 is 5.32 Å². The topological polar surface area (TPSA) is 42.0 Å². The lowest BCUT2D eigenvalue weighted by molar-refractivity contribution is 0.103. The number of nitrogens with zero attached hydrogens (tertiary/aromatic N) is 1. The number of aromatic nitrogens is 1. The minimum Gasteiger partial charge on any atom is -0.373 e. The van der Waals surface area contributed by atoms with Crippen LogP contribution in [0.15, 0.2) is 30.5 Å². The predicted octanol–water partition coefficient (Wildman–Crippen LogP) is 3.91. The maximum atomic E-state index is 14.4. The number of benzene rings is 1. The molecule has 2 rings (SSSR count). The van der Waals surface area contributed by atoms with Crippen LogP contribution in [0.1, 0.15) is 27.9 Å². The summed E-state index contributed by atoms with van der Waals surface area (Å²) in [6, 6.07) is 6.37. The molecule has 2 aromatic rings. The molecule has 109 valence electrons. The molecule has 0 amide bonds. The highest BCUT2D eigenvalue weighted by molar-refractivity contribution is 6.35. The number of pyridine rings is 1. The van der Waals surface area contributed by atoms with Crippen LogP contribution in [-0.4, -0.2) is 17.8 Å². The number of anilines is 1. The monoisotopic (exact) mass is 305 g/mol. The lowest BCUT2D eigenvalue weighted by Gasteiger charge is -2.09. The molecule has 1 aromatic heterocycles. The van der Waals surface area contributed by atoms with Crippen molar-refractivity contribution in [2.24, 2.45) is 0 Å². The average Bonchev–Trinajstić information content (AvgIpc) is 2.50. The van der Waals surface area contributed by atoms with E-state index >= 15 is 0 Å². The number of carbonyl (C=O) groups excluding carboxylic acids is 1. The number of rotatable bonds is 5. The Morgan fingerprint density at radius 1 is 1.38 bits per heavy atom. The molecule has 0 aliphatic rings. The standard InChI is InChI=1S/C16H15ClFN2O/c1-3-4-10-5-7-12(17)14(15(10)18)16(21)11-6-8-13(19-2)20-9-11/h5-9H,1,3-4H2,2H3,(H,19,20). The fourth-order valence-electron chi connectivity index (χ4n) is 2.01. The van der Waals surface area contributed by atoms with Gasteiger partial charge in [0.25, 0.3) is 0 Å². The van der Waals surface area contributed by atoms with Crippen LogP contribution in [0.25, 0.3) is 0 Å². The molecule has 0 saturated heterocycles. The molecule has 1 radical (unpaired) electrons. The molecule has 0 unspecified atom stereocenters. The number of hydrogen-bond acceptors (Lipinski definition) is 3. The van der Waals surface area contributed by atoms with Crippen LogP contribution >= 0.6 is 11.6 Å². The van der Waals surface area contributed by atoms with Crippen molar-refractivity contribution in [1.29, 1.82) is 0 Å². The number of ketones is 1. The first kappa shape index (κ1) is 15.4. The van der Waals surface area contributed by atoms with Gasteiger partial charge < -0.3 is 5.32 Å². The lowest BCUT2D eigenvalue weighted by atomic mass is 9.99. The van der Waals surface area contributed by atoms with E-state index in [0.717, 1.165) is 0 Å². The lowest BCUT2D eigenvalue weighted by Crippen LogP contribution is -2.08. The molecule has 0 bridgehead atoms. The van der Waals surface area contributed by atoms with Gasteiger partial charge in [0.1, 0.15) is 11.6 Å². The third-order valence-corrected chi connectivity index (χ3v) is 3.44. The van der Waals surface area contributed by atoms with Gasteiger partial charge in [0.15, 0.2) is 5.78 Å². The molecular formula is C16H15ClFN2O. The summed E-state index contributed by atoms with van der Waals surface area (Å²) in [6.07, 6.45) is 2.41. The zero-order valence-electron chi connectivity index (χ0n) is 11.6. The first-order valence-corrected chi connectivity index (χ1v) is 6.91. The molecule has 1 heterocycles. The van der Waals surface area contributed by atoms with Crippen molar-refractivity contribution in [3.05, 3.63) is 64.9 Å². The summed E-state index contributed by atoms with van der Waals surface area (Å²) in [5.41, 5.74) is 0.626. The second kappa shape index (κ2) is 6.68. The van der Waals surface area contributed by atoms with E-state index in [0.29, 0.717) is 29.8 Å². The molecule has 0 aliphatic heterocycles. The number of halogens is 2. The second-order valence-corrected chi connectivity index (χ2v) is 4.92. The quantitative estimate of drug-likeness (QED) is 0.852. The number of hydrogen-bond donors (Lipinski definition) is 1. The van der Waals surface area contributed by atoms with Crippen molar-refractivity contribution in [2.75, 3.05) is 12.4 Å². The molecule has 0 aliphatic carbocycles. The third-order valence-electron chi connectivity index (χ3n) is 3.13. The molecule has 1 N–H and O–H groups in total. The highest BCUT2D eigenvalue weighted by Gasteiger charge is 2.20. The molecular weight excluding hydrogens is 291 g/mol. The summed E-state index contributed by atoms with van der Waals surface area (Å²) in [7, 11) is 1.72. The zero-order chi connectivity index (χ0) is 15.4. The summed E-state index contributed by atoms with van der Waals surface area (Å²) >= 11 is 6.00. The fourth-order valence-corrected chi connectivity index (χ4v) is 2.24. The van der Waals surface area contributed by atoms with Crippen LogP contribution in [0.3, 0.4) is 0 Å². The molecule has 0 atom stereocenters. The van der Waals surface area contributed by atoms with E-state index in [1.807, 2.05) is 0 Å². The average molecular weight is 306 g/mol. The van der Waals surface area contributed by atoms with Crippen molar-refractivity contribution in [2.45, 2.75) is 12.8 Å². The normalized spacial score (nSPS) is 10.5. The van der Waals surface area contributed by atoms with Crippen LogP contribution in [0.4, 0.5) is 10.2 Å². The van der Waals surface area contributed by atoms with Crippen LogP contribution in [0, 0.1) is 12.7 Å². The molecule has 0 fully saturated rings. The number of nitrogens with one attached hydrogen (secondary N) is 1. The third kappa shape index (κ3) is 3.22. The highest BCUT2D eigenvalue weighted by Crippen LogP contribution is 2.26. The van der Waals surface area contributed by atoms with Gasteiger partial charge in [-0.25, -0.2) is 9.37 Å². The van der Waals surface area contributed by atoms with Gasteiger partial charge in [-0.2, -0.15) is 0 Å². The Hall–Kier alpha value is -1.94. The molecule has 5 heteroatoms. The molecule has 1 aromatic carbocycles. The maximum Gasteiger partial charge on any atom is 0.199 e. The zero-order valence-corrected chi connectivity index (χ0v) is 12.4. The van der Waals surface area contributed by atoms with Gasteiger partial charge in [-0.15, -0.1) is 0 Å². The minimum atomic E-state index is -0.575. The van der Waals surface area contributed by atoms with Gasteiger partial charge in [-0.05, 0) is 36.6 Å². The Bertz CT molecular complexity index is 656. The Labute approximate surface area is 128 Å². The van der Waals surface area contributed by atoms with Gasteiger partial charge in [0.2, 0.25) is 0 Å². The smallest absolute Gasteiger partial charge is 0.199 e. The van der Waals surface area contributed by atoms with Crippen molar-refractivity contribution >= 4 is 23.2 Å². The van der Waals surface area contributed by atoms with Gasteiger partial charge in [-0.1, -0.05) is 24.6 Å². The maximum absolute atomic E-state index is 14.4. The van der Waals surface area contributed by atoms with Gasteiger partial charge in [0, 0.05) is 18.8 Å². The van der Waals surface area contributed by atoms with Crippen LogP contribution in [0.5, 0.6) is 0 Å². The molecule has 3 nitrogen and oxygen atoms in total. The highest BCUT2D eigenvalue weighted by atomic mass is 35.5.